The normalized spacial score (nSPS) is 9.91. The quantitative estimate of drug-likeness (QED) is 0.670. The summed E-state index contributed by atoms with van der Waals surface area (Å²) in [5, 5.41) is 6.69. The Kier molecular flexibility index (Phi) is 5.49. The van der Waals surface area contributed by atoms with Crippen LogP contribution in [-0.2, 0) is 11.3 Å². The van der Waals surface area contributed by atoms with Crippen LogP contribution >= 0.6 is 12.2 Å². The van der Waals surface area contributed by atoms with Crippen molar-refractivity contribution in [2.24, 2.45) is 0 Å². The number of ether oxygens (including phenoxy) is 1. The van der Waals surface area contributed by atoms with E-state index in [1.807, 2.05) is 6.07 Å². The lowest BCUT2D eigenvalue weighted by Crippen LogP contribution is -2.27. The van der Waals surface area contributed by atoms with Gasteiger partial charge in [0.2, 0.25) is 0 Å². The lowest BCUT2D eigenvalue weighted by molar-refractivity contribution is 0.0601. The molecule has 0 spiro atoms. The standard InChI is InChI=1S/C17H18N2O2S/c1-12-6-8-13(9-7-12)11-18-17(22)19-15-5-3-4-14(10-15)16(20)21-2/h3-10H,11H2,1-2H3,(H2,18,19,22). The van der Waals surface area contributed by atoms with Gasteiger partial charge in [-0.3, -0.25) is 0 Å². The van der Waals surface area contributed by atoms with Gasteiger partial charge < -0.3 is 15.4 Å². The molecule has 0 aliphatic carbocycles. The fourth-order valence-electron chi connectivity index (χ4n) is 1.91. The third-order valence-corrected chi connectivity index (χ3v) is 3.36. The summed E-state index contributed by atoms with van der Waals surface area (Å²) in [6.45, 7) is 2.69. The number of nitrogens with one attached hydrogen (secondary N) is 2. The lowest BCUT2D eigenvalue weighted by atomic mass is 10.1. The van der Waals surface area contributed by atoms with Gasteiger partial charge in [-0.1, -0.05) is 35.9 Å². The smallest absolute Gasteiger partial charge is 0.337 e. The molecule has 0 atom stereocenters. The van der Waals surface area contributed by atoms with E-state index in [0.29, 0.717) is 17.2 Å². The number of benzene rings is 2. The Bertz CT molecular complexity index is 669. The molecule has 4 nitrogen and oxygen atoms in total. The number of rotatable bonds is 4. The SMILES string of the molecule is COC(=O)c1cccc(NC(=S)NCc2ccc(C)cc2)c1. The predicted molar refractivity (Wildman–Crippen MR) is 92.0 cm³/mol. The maximum Gasteiger partial charge on any atom is 0.337 e. The molecule has 0 aromatic heterocycles. The molecule has 0 aliphatic heterocycles. The number of hydrogen-bond acceptors (Lipinski definition) is 3. The van der Waals surface area contributed by atoms with Crippen molar-refractivity contribution in [1.82, 2.24) is 5.32 Å². The van der Waals surface area contributed by atoms with Crippen LogP contribution in [-0.4, -0.2) is 18.2 Å². The molecule has 2 rings (SSSR count). The first-order valence-corrected chi connectivity index (χ1v) is 7.28. The largest absolute Gasteiger partial charge is 0.465 e. The van der Waals surface area contributed by atoms with Gasteiger partial charge in [-0.2, -0.15) is 0 Å². The highest BCUT2D eigenvalue weighted by molar-refractivity contribution is 7.80. The number of carbonyl (C=O) groups is 1. The minimum Gasteiger partial charge on any atom is -0.465 e. The second kappa shape index (κ2) is 7.56. The van der Waals surface area contributed by atoms with E-state index in [-0.39, 0.29) is 5.97 Å². The lowest BCUT2D eigenvalue weighted by Gasteiger charge is -2.11. The topological polar surface area (TPSA) is 50.4 Å². The molecule has 0 radical (unpaired) electrons. The number of anilines is 1. The molecular formula is C17H18N2O2S. The van der Waals surface area contributed by atoms with Crippen LogP contribution in [0.1, 0.15) is 21.5 Å². The summed E-state index contributed by atoms with van der Waals surface area (Å²) in [6.07, 6.45) is 0. The molecule has 0 heterocycles. The summed E-state index contributed by atoms with van der Waals surface area (Å²) in [7, 11) is 1.36. The molecule has 0 fully saturated rings. The van der Waals surface area contributed by atoms with Crippen LogP contribution in [0.5, 0.6) is 0 Å². The number of esters is 1. The van der Waals surface area contributed by atoms with E-state index in [9.17, 15) is 4.79 Å². The van der Waals surface area contributed by atoms with Crippen molar-refractivity contribution in [3.8, 4) is 0 Å². The first-order chi connectivity index (χ1) is 10.6. The van der Waals surface area contributed by atoms with Crippen LogP contribution in [0.2, 0.25) is 0 Å². The average molecular weight is 314 g/mol. The Balaban J connectivity index is 1.91. The maximum absolute atomic E-state index is 11.5. The maximum atomic E-state index is 11.5. The summed E-state index contributed by atoms with van der Waals surface area (Å²) < 4.78 is 4.70. The minimum atomic E-state index is -0.373. The molecule has 0 saturated carbocycles. The molecular weight excluding hydrogens is 296 g/mol. The third kappa shape index (κ3) is 4.56. The van der Waals surface area contributed by atoms with Crippen molar-refractivity contribution in [1.29, 1.82) is 0 Å². The summed E-state index contributed by atoms with van der Waals surface area (Å²) in [4.78, 5) is 11.5. The van der Waals surface area contributed by atoms with Crippen molar-refractivity contribution < 1.29 is 9.53 Å². The van der Waals surface area contributed by atoms with Crippen LogP contribution < -0.4 is 10.6 Å². The molecule has 114 valence electrons. The third-order valence-electron chi connectivity index (χ3n) is 3.12. The van der Waals surface area contributed by atoms with Gasteiger partial charge in [0, 0.05) is 12.2 Å². The zero-order chi connectivity index (χ0) is 15.9. The number of aryl methyl sites for hydroxylation is 1. The molecule has 0 saturated heterocycles. The van der Waals surface area contributed by atoms with Gasteiger partial charge in [0.15, 0.2) is 5.11 Å². The van der Waals surface area contributed by atoms with Gasteiger partial charge in [0.25, 0.3) is 0 Å². The summed E-state index contributed by atoms with van der Waals surface area (Å²) in [6, 6.07) is 15.3. The van der Waals surface area contributed by atoms with Crippen molar-refractivity contribution in [3.63, 3.8) is 0 Å². The minimum absolute atomic E-state index is 0.373. The van der Waals surface area contributed by atoms with Crippen LogP contribution in [0.15, 0.2) is 48.5 Å². The number of methoxy groups -OCH3 is 1. The Morgan fingerprint density at radius 2 is 1.91 bits per heavy atom. The van der Waals surface area contributed by atoms with Crippen LogP contribution in [0.4, 0.5) is 5.69 Å². The highest BCUT2D eigenvalue weighted by Crippen LogP contribution is 2.11. The van der Waals surface area contributed by atoms with Crippen molar-refractivity contribution >= 4 is 29.0 Å². The zero-order valence-electron chi connectivity index (χ0n) is 12.6. The summed E-state index contributed by atoms with van der Waals surface area (Å²) >= 11 is 5.26. The molecule has 5 heteroatoms. The van der Waals surface area contributed by atoms with Gasteiger partial charge in [-0.15, -0.1) is 0 Å². The van der Waals surface area contributed by atoms with Crippen molar-refractivity contribution in [3.05, 3.63) is 65.2 Å². The number of thiocarbonyl (C=S) groups is 1. The predicted octanol–water partition coefficient (Wildman–Crippen LogP) is 3.27. The summed E-state index contributed by atoms with van der Waals surface area (Å²) in [5.74, 6) is -0.373. The van der Waals surface area contributed by atoms with Crippen LogP contribution in [0.25, 0.3) is 0 Å². The van der Waals surface area contributed by atoms with Crippen molar-refractivity contribution in [2.45, 2.75) is 13.5 Å². The molecule has 0 amide bonds. The Labute approximate surface area is 135 Å². The Morgan fingerprint density at radius 3 is 2.59 bits per heavy atom. The monoisotopic (exact) mass is 314 g/mol. The Morgan fingerprint density at radius 1 is 1.18 bits per heavy atom. The van der Waals surface area contributed by atoms with E-state index in [2.05, 4.69) is 41.8 Å². The highest BCUT2D eigenvalue weighted by Gasteiger charge is 2.06. The molecule has 0 bridgehead atoms. The van der Waals surface area contributed by atoms with Crippen LogP contribution in [0, 0.1) is 6.92 Å². The molecule has 0 unspecified atom stereocenters. The second-order valence-corrected chi connectivity index (χ2v) is 5.27. The second-order valence-electron chi connectivity index (χ2n) is 4.87. The molecule has 2 aromatic carbocycles. The van der Waals surface area contributed by atoms with Gasteiger partial charge in [-0.05, 0) is 42.9 Å². The van der Waals surface area contributed by atoms with E-state index >= 15 is 0 Å². The summed E-state index contributed by atoms with van der Waals surface area (Å²) in [5.41, 5.74) is 3.60. The number of carbonyl (C=O) groups excluding carboxylic acids is 1. The van der Waals surface area contributed by atoms with E-state index < -0.39 is 0 Å². The van der Waals surface area contributed by atoms with Gasteiger partial charge in [0.05, 0.1) is 12.7 Å². The van der Waals surface area contributed by atoms with E-state index in [4.69, 9.17) is 17.0 Å². The first kappa shape index (κ1) is 16.0. The van der Waals surface area contributed by atoms with Crippen LogP contribution in [0.3, 0.4) is 0 Å². The van der Waals surface area contributed by atoms with Gasteiger partial charge in [-0.25, -0.2) is 4.79 Å². The highest BCUT2D eigenvalue weighted by atomic mass is 32.1. The molecule has 2 N–H and O–H groups in total. The van der Waals surface area contributed by atoms with Gasteiger partial charge >= 0.3 is 5.97 Å². The first-order valence-electron chi connectivity index (χ1n) is 6.87. The zero-order valence-corrected chi connectivity index (χ0v) is 13.4. The van der Waals surface area contributed by atoms with Crippen molar-refractivity contribution in [2.75, 3.05) is 12.4 Å². The number of hydrogen-bond donors (Lipinski definition) is 2. The molecule has 0 aliphatic rings. The van der Waals surface area contributed by atoms with E-state index in [1.54, 1.807) is 18.2 Å². The van der Waals surface area contributed by atoms with E-state index in [1.165, 1.54) is 12.7 Å². The molecule has 22 heavy (non-hydrogen) atoms. The fraction of sp³-hybridized carbons (Fsp3) is 0.176. The average Bonchev–Trinajstić information content (AvgIpc) is 2.54. The Hall–Kier alpha value is -2.40. The fourth-order valence-corrected chi connectivity index (χ4v) is 2.10. The van der Waals surface area contributed by atoms with E-state index in [0.717, 1.165) is 11.3 Å². The van der Waals surface area contributed by atoms with Gasteiger partial charge in [0.1, 0.15) is 0 Å². The molecule has 2 aromatic rings.